The van der Waals surface area contributed by atoms with Crippen molar-refractivity contribution in [2.75, 3.05) is 23.4 Å². The van der Waals surface area contributed by atoms with E-state index < -0.39 is 33.9 Å². The van der Waals surface area contributed by atoms with Crippen LogP contribution in [0.4, 0.5) is 5.69 Å². The average molecular weight is 271 g/mol. The molecule has 5 nitrogen and oxygen atoms in total. The number of aryl methyl sites for hydroxylation is 1. The number of para-hydroxylation sites is 1. The fraction of sp³-hybridized carbons (Fsp3) is 0.417. The number of benzene rings is 1. The highest BCUT2D eigenvalue weighted by molar-refractivity contribution is 7.92. The zero-order valence-corrected chi connectivity index (χ0v) is 11.0. The average Bonchev–Trinajstić information content (AvgIpc) is 2.28. The van der Waals surface area contributed by atoms with Gasteiger partial charge in [0.15, 0.2) is 9.84 Å². The van der Waals surface area contributed by atoms with Crippen molar-refractivity contribution in [3.05, 3.63) is 29.8 Å². The van der Waals surface area contributed by atoms with Crippen LogP contribution in [0.3, 0.4) is 0 Å². The van der Waals surface area contributed by atoms with Gasteiger partial charge in [-0.05, 0) is 18.1 Å². The van der Waals surface area contributed by atoms with Crippen molar-refractivity contribution in [2.45, 2.75) is 13.3 Å². The molecule has 0 bridgehead atoms. The van der Waals surface area contributed by atoms with Gasteiger partial charge in [-0.15, -0.1) is 0 Å². The van der Waals surface area contributed by atoms with Crippen LogP contribution >= 0.6 is 0 Å². The maximum Gasteiger partial charge on any atom is 0.239 e. The second kappa shape index (κ2) is 6.51. The Kier molecular flexibility index (Phi) is 5.30. The summed E-state index contributed by atoms with van der Waals surface area (Å²) in [6.07, 6.45) is 0.750. The van der Waals surface area contributed by atoms with E-state index in [4.69, 9.17) is 5.11 Å². The summed E-state index contributed by atoms with van der Waals surface area (Å²) in [4.78, 5) is 11.6. The number of amides is 1. The molecule has 2 N–H and O–H groups in total. The van der Waals surface area contributed by atoms with Crippen LogP contribution in [0.2, 0.25) is 0 Å². The number of aliphatic hydroxyl groups excluding tert-OH is 1. The highest BCUT2D eigenvalue weighted by atomic mass is 32.2. The molecule has 0 atom stereocenters. The van der Waals surface area contributed by atoms with Gasteiger partial charge in [0.1, 0.15) is 5.75 Å². The Bertz CT molecular complexity index is 511. The van der Waals surface area contributed by atoms with Crippen molar-refractivity contribution in [1.82, 2.24) is 0 Å². The number of anilines is 1. The summed E-state index contributed by atoms with van der Waals surface area (Å²) in [5, 5.41) is 11.2. The zero-order valence-electron chi connectivity index (χ0n) is 10.2. The number of nitrogens with one attached hydrogen (secondary N) is 1. The molecule has 0 aliphatic carbocycles. The number of hydrogen-bond acceptors (Lipinski definition) is 4. The molecule has 100 valence electrons. The standard InChI is InChI=1S/C12H17NO4S/c1-2-10-5-3-4-6-11(10)13-12(15)9-18(16,17)8-7-14/h3-6,14H,2,7-9H2,1H3,(H,13,15). The number of carbonyl (C=O) groups excluding carboxylic acids is 1. The molecule has 0 aliphatic heterocycles. The summed E-state index contributed by atoms with van der Waals surface area (Å²) in [6, 6.07) is 7.24. The Morgan fingerprint density at radius 2 is 2.00 bits per heavy atom. The van der Waals surface area contributed by atoms with Crippen molar-refractivity contribution < 1.29 is 18.3 Å². The summed E-state index contributed by atoms with van der Waals surface area (Å²) in [5.74, 6) is -1.58. The molecule has 0 aromatic heterocycles. The Morgan fingerprint density at radius 1 is 1.33 bits per heavy atom. The lowest BCUT2D eigenvalue weighted by Crippen LogP contribution is -2.26. The summed E-state index contributed by atoms with van der Waals surface area (Å²) in [6.45, 7) is 1.48. The van der Waals surface area contributed by atoms with E-state index in [9.17, 15) is 13.2 Å². The number of sulfone groups is 1. The Labute approximate surface area is 107 Å². The van der Waals surface area contributed by atoms with Crippen LogP contribution < -0.4 is 5.32 Å². The molecule has 0 saturated heterocycles. The summed E-state index contributed by atoms with van der Waals surface area (Å²) in [5.41, 5.74) is 1.58. The molecule has 0 heterocycles. The number of rotatable bonds is 6. The Morgan fingerprint density at radius 3 is 2.61 bits per heavy atom. The molecular formula is C12H17NO4S. The van der Waals surface area contributed by atoms with Crippen molar-refractivity contribution in [1.29, 1.82) is 0 Å². The molecule has 1 rings (SSSR count). The highest BCUT2D eigenvalue weighted by Crippen LogP contribution is 2.15. The van der Waals surface area contributed by atoms with Crippen LogP contribution in [0.5, 0.6) is 0 Å². The number of aliphatic hydroxyl groups is 1. The lowest BCUT2D eigenvalue weighted by molar-refractivity contribution is -0.113. The first-order valence-electron chi connectivity index (χ1n) is 5.67. The smallest absolute Gasteiger partial charge is 0.239 e. The SMILES string of the molecule is CCc1ccccc1NC(=O)CS(=O)(=O)CCO. The molecule has 1 aromatic carbocycles. The Hall–Kier alpha value is -1.40. The van der Waals surface area contributed by atoms with E-state index in [-0.39, 0.29) is 0 Å². The molecule has 1 amide bonds. The molecule has 0 fully saturated rings. The van der Waals surface area contributed by atoms with E-state index in [1.54, 1.807) is 12.1 Å². The zero-order chi connectivity index (χ0) is 13.6. The van der Waals surface area contributed by atoms with Crippen LogP contribution in [0.1, 0.15) is 12.5 Å². The third-order valence-corrected chi connectivity index (χ3v) is 3.93. The quantitative estimate of drug-likeness (QED) is 0.793. The van der Waals surface area contributed by atoms with E-state index in [0.717, 1.165) is 12.0 Å². The van der Waals surface area contributed by atoms with Crippen molar-refractivity contribution in [2.24, 2.45) is 0 Å². The number of carbonyl (C=O) groups is 1. The van der Waals surface area contributed by atoms with Gasteiger partial charge in [0.05, 0.1) is 12.4 Å². The number of hydrogen-bond donors (Lipinski definition) is 2. The molecule has 0 aliphatic rings. The second-order valence-electron chi connectivity index (χ2n) is 3.87. The van der Waals surface area contributed by atoms with Gasteiger partial charge >= 0.3 is 0 Å². The molecule has 0 spiro atoms. The molecule has 0 saturated carbocycles. The third-order valence-electron chi connectivity index (χ3n) is 2.43. The first kappa shape index (κ1) is 14.7. The minimum Gasteiger partial charge on any atom is -0.395 e. The van der Waals surface area contributed by atoms with Gasteiger partial charge in [-0.1, -0.05) is 25.1 Å². The first-order chi connectivity index (χ1) is 8.48. The van der Waals surface area contributed by atoms with Gasteiger partial charge in [-0.3, -0.25) is 4.79 Å². The van der Waals surface area contributed by atoms with Crippen molar-refractivity contribution in [3.8, 4) is 0 Å². The summed E-state index contributed by atoms with van der Waals surface area (Å²) < 4.78 is 22.7. The molecule has 6 heteroatoms. The fourth-order valence-corrected chi connectivity index (χ4v) is 2.44. The summed E-state index contributed by atoms with van der Waals surface area (Å²) in [7, 11) is -3.53. The van der Waals surface area contributed by atoms with E-state index in [1.807, 2.05) is 19.1 Å². The predicted octanol–water partition coefficient (Wildman–Crippen LogP) is 0.595. The van der Waals surface area contributed by atoms with Gasteiger partial charge in [0, 0.05) is 5.69 Å². The van der Waals surface area contributed by atoms with Crippen LogP contribution in [0.15, 0.2) is 24.3 Å². The maximum absolute atomic E-state index is 11.6. The van der Waals surface area contributed by atoms with Gasteiger partial charge in [-0.25, -0.2) is 8.42 Å². The van der Waals surface area contributed by atoms with Gasteiger partial charge in [-0.2, -0.15) is 0 Å². The van der Waals surface area contributed by atoms with E-state index in [1.165, 1.54) is 0 Å². The van der Waals surface area contributed by atoms with Crippen LogP contribution in [0, 0.1) is 0 Å². The first-order valence-corrected chi connectivity index (χ1v) is 7.49. The normalized spacial score (nSPS) is 11.2. The van der Waals surface area contributed by atoms with E-state index in [2.05, 4.69) is 5.32 Å². The molecule has 1 aromatic rings. The topological polar surface area (TPSA) is 83.5 Å². The van der Waals surface area contributed by atoms with Crippen LogP contribution in [-0.2, 0) is 21.1 Å². The van der Waals surface area contributed by atoms with Gasteiger partial charge < -0.3 is 10.4 Å². The predicted molar refractivity (Wildman–Crippen MR) is 70.2 cm³/mol. The largest absolute Gasteiger partial charge is 0.395 e. The van der Waals surface area contributed by atoms with Gasteiger partial charge in [0.2, 0.25) is 5.91 Å². The molecular weight excluding hydrogens is 254 g/mol. The lowest BCUT2D eigenvalue weighted by atomic mass is 10.1. The van der Waals surface area contributed by atoms with Gasteiger partial charge in [0.25, 0.3) is 0 Å². The lowest BCUT2D eigenvalue weighted by Gasteiger charge is -2.09. The second-order valence-corrected chi connectivity index (χ2v) is 6.06. The Balaban J connectivity index is 2.71. The molecule has 0 radical (unpaired) electrons. The minimum absolute atomic E-state index is 0.393. The van der Waals surface area contributed by atoms with Crippen molar-refractivity contribution in [3.63, 3.8) is 0 Å². The maximum atomic E-state index is 11.6. The highest BCUT2D eigenvalue weighted by Gasteiger charge is 2.16. The van der Waals surface area contributed by atoms with Crippen LogP contribution in [0.25, 0.3) is 0 Å². The molecule has 18 heavy (non-hydrogen) atoms. The minimum atomic E-state index is -3.53. The van der Waals surface area contributed by atoms with E-state index in [0.29, 0.717) is 5.69 Å². The van der Waals surface area contributed by atoms with E-state index >= 15 is 0 Å². The van der Waals surface area contributed by atoms with Crippen LogP contribution in [-0.4, -0.2) is 37.5 Å². The fourth-order valence-electron chi connectivity index (χ4n) is 1.55. The third kappa shape index (κ3) is 4.46. The molecule has 0 unspecified atom stereocenters. The monoisotopic (exact) mass is 271 g/mol. The summed E-state index contributed by atoms with van der Waals surface area (Å²) >= 11 is 0. The van der Waals surface area contributed by atoms with Crippen molar-refractivity contribution >= 4 is 21.4 Å².